The van der Waals surface area contributed by atoms with Crippen molar-refractivity contribution in [2.75, 3.05) is 32.1 Å². The summed E-state index contributed by atoms with van der Waals surface area (Å²) in [5, 5.41) is 3.25. The Labute approximate surface area is 241 Å². The zero-order chi connectivity index (χ0) is 29.7. The van der Waals surface area contributed by atoms with Crippen molar-refractivity contribution in [3.05, 3.63) is 53.8 Å². The molecule has 1 heterocycles. The number of ketones is 1. The van der Waals surface area contributed by atoms with E-state index in [1.807, 2.05) is 6.92 Å². The van der Waals surface area contributed by atoms with Crippen LogP contribution in [0.1, 0.15) is 39.2 Å². The third-order valence-corrected chi connectivity index (χ3v) is 8.97. The van der Waals surface area contributed by atoms with Crippen molar-refractivity contribution in [3.8, 4) is 0 Å². The number of nitrogens with zero attached hydrogens (tertiary/aromatic N) is 1. The molecular weight excluding hydrogens is 554 g/mol. The first-order valence-electron chi connectivity index (χ1n) is 13.1. The maximum Gasteiger partial charge on any atom is 0.414 e. The molecule has 0 saturated carbocycles. The molecule has 10 nitrogen and oxygen atoms in total. The molecule has 0 bridgehead atoms. The van der Waals surface area contributed by atoms with Crippen LogP contribution in [0.25, 0.3) is 0 Å². The highest BCUT2D eigenvalue weighted by Gasteiger charge is 2.45. The fraction of sp³-hybridized carbons (Fsp3) is 0.536. The first-order chi connectivity index (χ1) is 18.6. The quantitative estimate of drug-likeness (QED) is 0.415. The minimum atomic E-state index is -4.14. The Bertz CT molecular complexity index is 1260. The summed E-state index contributed by atoms with van der Waals surface area (Å²) in [5.74, 6) is 0.722. The van der Waals surface area contributed by atoms with Crippen LogP contribution in [0.15, 0.2) is 53.1 Å². The molecule has 1 aromatic carbocycles. The molecular formula is C28H39N3O7S2. The van der Waals surface area contributed by atoms with Crippen LogP contribution in [0.2, 0.25) is 0 Å². The second-order valence-corrected chi connectivity index (χ2v) is 14.1. The second kappa shape index (κ2) is 12.9. The Morgan fingerprint density at radius 3 is 2.40 bits per heavy atom. The van der Waals surface area contributed by atoms with Crippen LogP contribution in [0, 0.1) is 12.3 Å². The van der Waals surface area contributed by atoms with Gasteiger partial charge in [0.05, 0.1) is 16.4 Å². The van der Waals surface area contributed by atoms with Gasteiger partial charge in [0.25, 0.3) is 0 Å². The Morgan fingerprint density at radius 1 is 1.20 bits per heavy atom. The number of allylic oxidation sites excluding steroid dienone is 3. The molecule has 2 N–H and O–H groups in total. The monoisotopic (exact) mass is 593 g/mol. The number of carbonyl (C=O) groups is 3. The maximum atomic E-state index is 14.0. The largest absolute Gasteiger partial charge is 0.459 e. The van der Waals surface area contributed by atoms with Crippen LogP contribution in [0.4, 0.5) is 4.79 Å². The molecule has 0 spiro atoms. The standard InChI is InChI=1S/C28H39N3O7S2/c1-19-7-9-21(10-8-19)40(35,36)30-22(25(33)38-27(2,3)4)17-28(24(32)23-18-39-16-15-29-23)13-11-20(12-14-28)37-26(34)31(5)6/h7-13,22-23,29-30H,14-18H2,1-6H3/t22-,23?,28?/m0/s1. The van der Waals surface area contributed by atoms with Gasteiger partial charge in [-0.05, 0) is 64.8 Å². The molecule has 3 rings (SSSR count). The van der Waals surface area contributed by atoms with Gasteiger partial charge in [0.15, 0.2) is 5.78 Å². The maximum absolute atomic E-state index is 14.0. The number of amides is 1. The Morgan fingerprint density at radius 2 is 1.88 bits per heavy atom. The molecule has 0 aromatic heterocycles. The van der Waals surface area contributed by atoms with Gasteiger partial charge in [0.1, 0.15) is 17.4 Å². The van der Waals surface area contributed by atoms with Gasteiger partial charge < -0.3 is 19.7 Å². The normalized spacial score (nSPS) is 22.1. The Hall–Kier alpha value is -2.67. The van der Waals surface area contributed by atoms with Crippen LogP contribution in [-0.2, 0) is 29.1 Å². The van der Waals surface area contributed by atoms with Crippen LogP contribution >= 0.6 is 11.8 Å². The zero-order valence-corrected chi connectivity index (χ0v) is 25.5. The van der Waals surface area contributed by atoms with E-state index in [-0.39, 0.29) is 29.3 Å². The lowest BCUT2D eigenvalue weighted by Crippen LogP contribution is -2.54. The number of benzene rings is 1. The van der Waals surface area contributed by atoms with Gasteiger partial charge in [-0.15, -0.1) is 0 Å². The highest BCUT2D eigenvalue weighted by molar-refractivity contribution is 7.99. The lowest BCUT2D eigenvalue weighted by Gasteiger charge is -2.37. The first-order valence-corrected chi connectivity index (χ1v) is 15.7. The van der Waals surface area contributed by atoms with Gasteiger partial charge in [-0.2, -0.15) is 16.5 Å². The third-order valence-electron chi connectivity index (χ3n) is 6.42. The number of ether oxygens (including phenoxy) is 2. The summed E-state index contributed by atoms with van der Waals surface area (Å²) in [6, 6.07) is 4.40. The average Bonchev–Trinajstić information content (AvgIpc) is 2.88. The van der Waals surface area contributed by atoms with Crippen molar-refractivity contribution in [1.82, 2.24) is 14.9 Å². The van der Waals surface area contributed by atoms with Gasteiger partial charge in [-0.3, -0.25) is 9.59 Å². The van der Waals surface area contributed by atoms with Crippen molar-refractivity contribution in [2.45, 2.75) is 63.1 Å². The summed E-state index contributed by atoms with van der Waals surface area (Å²) in [7, 11) is -1.02. The average molecular weight is 594 g/mol. The molecule has 2 unspecified atom stereocenters. The Kier molecular flexibility index (Phi) is 10.3. The third kappa shape index (κ3) is 8.42. The Balaban J connectivity index is 1.98. The molecule has 220 valence electrons. The predicted octanol–water partition coefficient (Wildman–Crippen LogP) is 3.18. The van der Waals surface area contributed by atoms with E-state index in [1.165, 1.54) is 23.1 Å². The number of sulfonamides is 1. The van der Waals surface area contributed by atoms with E-state index in [1.54, 1.807) is 70.9 Å². The number of hydrogen-bond acceptors (Lipinski definition) is 9. The molecule has 1 saturated heterocycles. The van der Waals surface area contributed by atoms with Crippen molar-refractivity contribution < 1.29 is 32.3 Å². The lowest BCUT2D eigenvalue weighted by atomic mass is 9.71. The fourth-order valence-electron chi connectivity index (χ4n) is 4.33. The van der Waals surface area contributed by atoms with E-state index >= 15 is 0 Å². The SMILES string of the molecule is Cc1ccc(S(=O)(=O)N[C@@H](CC2(C(=O)C3CSCCN3)C=CC(OC(=O)N(C)C)=CC2)C(=O)OC(C)(C)C)cc1. The minimum absolute atomic E-state index is 0.00523. The van der Waals surface area contributed by atoms with E-state index in [4.69, 9.17) is 9.47 Å². The summed E-state index contributed by atoms with van der Waals surface area (Å²) in [6.45, 7) is 7.56. The number of thioether (sulfide) groups is 1. The number of carbonyl (C=O) groups excluding carboxylic acids is 3. The number of rotatable bonds is 9. The van der Waals surface area contributed by atoms with Crippen LogP contribution in [0.3, 0.4) is 0 Å². The molecule has 1 fully saturated rings. The minimum Gasteiger partial charge on any atom is -0.459 e. The molecule has 1 aliphatic carbocycles. The molecule has 0 radical (unpaired) electrons. The first kappa shape index (κ1) is 31.9. The predicted molar refractivity (Wildman–Crippen MR) is 154 cm³/mol. The van der Waals surface area contributed by atoms with Gasteiger partial charge in [0.2, 0.25) is 10.0 Å². The van der Waals surface area contributed by atoms with Crippen LogP contribution < -0.4 is 10.0 Å². The molecule has 3 atom stereocenters. The van der Waals surface area contributed by atoms with E-state index < -0.39 is 45.2 Å². The van der Waals surface area contributed by atoms with E-state index in [0.717, 1.165) is 11.3 Å². The van der Waals surface area contributed by atoms with E-state index in [2.05, 4.69) is 10.0 Å². The number of hydrogen-bond donors (Lipinski definition) is 2. The summed E-state index contributed by atoms with van der Waals surface area (Å²) >= 11 is 1.65. The number of Topliss-reactive ketones (excluding diaryl/α,β-unsaturated/α-hetero) is 1. The van der Waals surface area contributed by atoms with Crippen LogP contribution in [0.5, 0.6) is 0 Å². The van der Waals surface area contributed by atoms with Crippen LogP contribution in [-0.4, -0.2) is 81.0 Å². The highest BCUT2D eigenvalue weighted by atomic mass is 32.2. The molecule has 2 aliphatic rings. The van der Waals surface area contributed by atoms with Crippen molar-refractivity contribution in [3.63, 3.8) is 0 Å². The molecule has 1 aliphatic heterocycles. The molecule has 40 heavy (non-hydrogen) atoms. The summed E-state index contributed by atoms with van der Waals surface area (Å²) in [4.78, 5) is 40.8. The highest BCUT2D eigenvalue weighted by Crippen LogP contribution is 2.39. The van der Waals surface area contributed by atoms with Gasteiger partial charge in [0, 0.05) is 32.1 Å². The number of nitrogens with one attached hydrogen (secondary N) is 2. The smallest absolute Gasteiger partial charge is 0.414 e. The lowest BCUT2D eigenvalue weighted by molar-refractivity contribution is -0.157. The van der Waals surface area contributed by atoms with Gasteiger partial charge in [-0.1, -0.05) is 23.8 Å². The van der Waals surface area contributed by atoms with Crippen molar-refractivity contribution >= 4 is 39.6 Å². The number of esters is 1. The molecule has 1 amide bonds. The fourth-order valence-corrected chi connectivity index (χ4v) is 6.45. The second-order valence-electron chi connectivity index (χ2n) is 11.2. The van der Waals surface area contributed by atoms with Gasteiger partial charge >= 0.3 is 12.1 Å². The summed E-state index contributed by atoms with van der Waals surface area (Å²) in [5.41, 5.74) is -1.27. The molecule has 1 aromatic rings. The van der Waals surface area contributed by atoms with Gasteiger partial charge in [-0.25, -0.2) is 13.2 Å². The number of aryl methyl sites for hydroxylation is 1. The summed E-state index contributed by atoms with van der Waals surface area (Å²) in [6.07, 6.45) is 4.11. The van der Waals surface area contributed by atoms with Crippen molar-refractivity contribution in [1.29, 1.82) is 0 Å². The zero-order valence-electron chi connectivity index (χ0n) is 23.9. The van der Waals surface area contributed by atoms with E-state index in [0.29, 0.717) is 12.3 Å². The summed E-state index contributed by atoms with van der Waals surface area (Å²) < 4.78 is 40.2. The molecule has 12 heteroatoms. The van der Waals surface area contributed by atoms with E-state index in [9.17, 15) is 22.8 Å². The van der Waals surface area contributed by atoms with Crippen molar-refractivity contribution in [2.24, 2.45) is 5.41 Å². The topological polar surface area (TPSA) is 131 Å².